The number of aliphatic hydroxyl groups excluding tert-OH is 2. The van der Waals surface area contributed by atoms with E-state index in [0.717, 1.165) is 38.2 Å². The second kappa shape index (κ2) is 10.7. The van der Waals surface area contributed by atoms with E-state index in [1.54, 1.807) is 11.9 Å². The topological polar surface area (TPSA) is 161 Å². The molecule has 6 N–H and O–H groups in total. The molecule has 0 saturated heterocycles. The summed E-state index contributed by atoms with van der Waals surface area (Å²) in [5.41, 5.74) is -1.26. The molecule has 1 aromatic carbocycles. The number of hydrogen-bond donors (Lipinski definition) is 5. The molecule has 0 aromatic heterocycles. The van der Waals surface area contributed by atoms with E-state index in [-0.39, 0.29) is 18.5 Å². The van der Waals surface area contributed by atoms with Gasteiger partial charge >= 0.3 is 6.18 Å². The van der Waals surface area contributed by atoms with E-state index in [1.165, 1.54) is 6.42 Å². The minimum absolute atomic E-state index is 0.110. The Balaban J connectivity index is 1.53. The largest absolute Gasteiger partial charge is 0.511 e. The number of fused-ring (bicyclic) bond motifs is 3. The van der Waals surface area contributed by atoms with E-state index < -0.39 is 99.0 Å². The summed E-state index contributed by atoms with van der Waals surface area (Å²) in [5, 5.41) is 43.6. The predicted molar refractivity (Wildman–Crippen MR) is 143 cm³/mol. The molecule has 4 aliphatic rings. The fourth-order valence-electron chi connectivity index (χ4n) is 7.49. The van der Waals surface area contributed by atoms with Crippen LogP contribution in [0.4, 0.5) is 13.2 Å². The van der Waals surface area contributed by atoms with Gasteiger partial charge in [0.15, 0.2) is 11.4 Å². The minimum atomic E-state index is -4.87. The van der Waals surface area contributed by atoms with E-state index in [1.807, 2.05) is 0 Å². The number of phenols is 1. The number of rotatable bonds is 6. The van der Waals surface area contributed by atoms with Crippen LogP contribution in [-0.4, -0.2) is 62.0 Å². The molecular weight excluding hydrogens is 557 g/mol. The van der Waals surface area contributed by atoms with Crippen molar-refractivity contribution in [2.45, 2.75) is 76.1 Å². The van der Waals surface area contributed by atoms with E-state index in [4.69, 9.17) is 5.73 Å². The van der Waals surface area contributed by atoms with E-state index in [0.29, 0.717) is 12.5 Å². The normalized spacial score (nSPS) is 26.8. The molecule has 0 radical (unpaired) electrons. The van der Waals surface area contributed by atoms with Crippen LogP contribution in [-0.2, 0) is 28.7 Å². The van der Waals surface area contributed by atoms with Gasteiger partial charge in [-0.1, -0.05) is 32.1 Å². The molecule has 0 heterocycles. The van der Waals surface area contributed by atoms with Crippen LogP contribution in [0, 0.1) is 17.8 Å². The smallest absolute Gasteiger partial charge is 0.417 e. The lowest BCUT2D eigenvalue weighted by Gasteiger charge is -2.45. The highest BCUT2D eigenvalue weighted by Crippen LogP contribution is 2.53. The minimum Gasteiger partial charge on any atom is -0.511 e. The molecule has 228 valence electrons. The van der Waals surface area contributed by atoms with Crippen LogP contribution in [0.1, 0.15) is 78.4 Å². The SMILES string of the molecule is CN(CCC1CCCCC1)Cc1cc(O)c2c(c1C(F)(F)F)CC1C[C@H]3CC(O)=C(C(N)=O)C(=O)[C@@]3(O)C(O)=C1C2=O. The number of benzene rings is 1. The Kier molecular flexibility index (Phi) is 7.68. The standard InChI is InChI=1S/C30H35F3N2O7/c1-35(8-7-14-5-3-2-4-6-14)13-16-11-19(36)22-18(24(16)30(31,32)33)10-15-9-17-12-20(37)23(28(34)41)27(40)29(17,42)26(39)21(15)25(22)38/h11,14-15,17,36-37,39,42H,2-10,12-13H2,1H3,(H2,34,41)/t15?,17-,29-/m0/s1. The van der Waals surface area contributed by atoms with Gasteiger partial charge in [-0.25, -0.2) is 0 Å². The van der Waals surface area contributed by atoms with Crippen LogP contribution < -0.4 is 5.73 Å². The van der Waals surface area contributed by atoms with Gasteiger partial charge < -0.3 is 31.1 Å². The lowest BCUT2D eigenvalue weighted by molar-refractivity contribution is -0.144. The maximum atomic E-state index is 14.6. The monoisotopic (exact) mass is 592 g/mol. The number of aromatic hydroxyl groups is 1. The van der Waals surface area contributed by atoms with E-state index in [2.05, 4.69) is 0 Å². The molecule has 4 aliphatic carbocycles. The number of phenolic OH excluding ortho intramolecular Hbond substituents is 1. The molecule has 1 saturated carbocycles. The molecule has 0 aliphatic heterocycles. The van der Waals surface area contributed by atoms with Crippen LogP contribution in [0.3, 0.4) is 0 Å². The van der Waals surface area contributed by atoms with Gasteiger partial charge in [-0.05, 0) is 61.9 Å². The number of carbonyl (C=O) groups is 3. The van der Waals surface area contributed by atoms with Gasteiger partial charge in [0.2, 0.25) is 5.78 Å². The highest BCUT2D eigenvalue weighted by Gasteiger charge is 2.60. The molecular formula is C30H35F3N2O7. The summed E-state index contributed by atoms with van der Waals surface area (Å²) in [6.45, 7) is 0.460. The van der Waals surface area contributed by atoms with Gasteiger partial charge in [-0.2, -0.15) is 13.2 Å². The van der Waals surface area contributed by atoms with Crippen molar-refractivity contribution >= 4 is 17.5 Å². The van der Waals surface area contributed by atoms with Gasteiger partial charge in [-0.3, -0.25) is 14.4 Å². The molecule has 12 heteroatoms. The molecule has 1 unspecified atom stereocenters. The molecule has 5 rings (SSSR count). The van der Waals surface area contributed by atoms with Gasteiger partial charge in [-0.15, -0.1) is 0 Å². The third kappa shape index (κ3) is 4.88. The summed E-state index contributed by atoms with van der Waals surface area (Å²) in [7, 11) is 1.71. The molecule has 9 nitrogen and oxygen atoms in total. The second-order valence-electron chi connectivity index (χ2n) is 12.2. The first-order valence-electron chi connectivity index (χ1n) is 14.3. The zero-order chi connectivity index (χ0) is 30.7. The maximum Gasteiger partial charge on any atom is 0.417 e. The maximum absolute atomic E-state index is 14.6. The Morgan fingerprint density at radius 2 is 1.79 bits per heavy atom. The molecule has 1 amide bonds. The van der Waals surface area contributed by atoms with Gasteiger partial charge in [0.05, 0.1) is 11.1 Å². The predicted octanol–water partition coefficient (Wildman–Crippen LogP) is 4.00. The third-order valence-electron chi connectivity index (χ3n) is 9.51. The van der Waals surface area contributed by atoms with E-state index in [9.17, 15) is 48.0 Å². The van der Waals surface area contributed by atoms with Crippen molar-refractivity contribution in [2.24, 2.45) is 23.5 Å². The number of amides is 1. The number of carbonyl (C=O) groups excluding carboxylic acids is 3. The van der Waals surface area contributed by atoms with Crippen molar-refractivity contribution < 1.29 is 48.0 Å². The quantitative estimate of drug-likeness (QED) is 0.310. The van der Waals surface area contributed by atoms with Crippen molar-refractivity contribution in [3.8, 4) is 5.75 Å². The summed E-state index contributed by atoms with van der Waals surface area (Å²) in [6, 6.07) is 0.923. The zero-order valence-corrected chi connectivity index (χ0v) is 23.3. The van der Waals surface area contributed by atoms with Crippen molar-refractivity contribution in [2.75, 3.05) is 13.6 Å². The average Bonchev–Trinajstić information content (AvgIpc) is 2.89. The summed E-state index contributed by atoms with van der Waals surface area (Å²) < 4.78 is 43.9. The summed E-state index contributed by atoms with van der Waals surface area (Å²) in [5.74, 6) is -8.12. The Morgan fingerprint density at radius 3 is 2.40 bits per heavy atom. The average molecular weight is 593 g/mol. The first-order valence-corrected chi connectivity index (χ1v) is 14.3. The Morgan fingerprint density at radius 1 is 1.12 bits per heavy atom. The highest BCUT2D eigenvalue weighted by atomic mass is 19.4. The number of nitrogens with zero attached hydrogens (tertiary/aromatic N) is 1. The van der Waals surface area contributed by atoms with Crippen LogP contribution >= 0.6 is 0 Å². The van der Waals surface area contributed by atoms with Crippen molar-refractivity contribution in [3.05, 3.63) is 51.0 Å². The summed E-state index contributed by atoms with van der Waals surface area (Å²) in [4.78, 5) is 40.2. The molecule has 0 spiro atoms. The number of hydrogen-bond acceptors (Lipinski definition) is 8. The van der Waals surface area contributed by atoms with Gasteiger partial charge in [0, 0.05) is 24.5 Å². The van der Waals surface area contributed by atoms with Gasteiger partial charge in [0.25, 0.3) is 5.91 Å². The number of nitrogens with two attached hydrogens (primary N) is 1. The van der Waals surface area contributed by atoms with Crippen LogP contribution in [0.2, 0.25) is 0 Å². The first kappa shape index (κ1) is 30.1. The fourth-order valence-corrected chi connectivity index (χ4v) is 7.49. The lowest BCUT2D eigenvalue weighted by Crippen LogP contribution is -2.57. The Labute approximate surface area is 240 Å². The number of halogens is 3. The molecule has 42 heavy (non-hydrogen) atoms. The number of allylic oxidation sites excluding steroid dienone is 2. The molecule has 3 atom stereocenters. The third-order valence-corrected chi connectivity index (χ3v) is 9.51. The van der Waals surface area contributed by atoms with Crippen LogP contribution in [0.5, 0.6) is 5.75 Å². The number of alkyl halides is 3. The first-order chi connectivity index (χ1) is 19.7. The van der Waals surface area contributed by atoms with Crippen molar-refractivity contribution in [1.82, 2.24) is 4.90 Å². The summed E-state index contributed by atoms with van der Waals surface area (Å²) >= 11 is 0. The Hall–Kier alpha value is -3.38. The number of ketones is 2. The lowest BCUT2D eigenvalue weighted by atomic mass is 9.60. The fraction of sp³-hybridized carbons (Fsp3) is 0.567. The number of primary amides is 1. The van der Waals surface area contributed by atoms with Crippen LogP contribution in [0.15, 0.2) is 28.7 Å². The zero-order valence-electron chi connectivity index (χ0n) is 23.3. The van der Waals surface area contributed by atoms with E-state index >= 15 is 0 Å². The molecule has 1 aromatic rings. The number of aliphatic hydroxyl groups is 3. The van der Waals surface area contributed by atoms with Crippen molar-refractivity contribution in [1.29, 1.82) is 0 Å². The molecule has 0 bridgehead atoms. The van der Waals surface area contributed by atoms with Crippen molar-refractivity contribution in [3.63, 3.8) is 0 Å². The second-order valence-corrected chi connectivity index (χ2v) is 12.2. The number of Topliss-reactive ketones (excluding diaryl/α,β-unsaturated/α-hetero) is 2. The summed E-state index contributed by atoms with van der Waals surface area (Å²) in [6.07, 6.45) is 0.592. The van der Waals surface area contributed by atoms with Gasteiger partial charge in [0.1, 0.15) is 22.8 Å². The Bertz CT molecular complexity index is 1410. The molecule has 1 fully saturated rings. The highest BCUT2D eigenvalue weighted by molar-refractivity contribution is 6.24. The van der Waals surface area contributed by atoms with Crippen LogP contribution in [0.25, 0.3) is 0 Å².